The van der Waals surface area contributed by atoms with Crippen LogP contribution in [0.2, 0.25) is 0 Å². The second-order valence-electron chi connectivity index (χ2n) is 2.26. The summed E-state index contributed by atoms with van der Waals surface area (Å²) in [6.07, 6.45) is 0.390. The first-order valence-electron chi connectivity index (χ1n) is 3.69. The van der Waals surface area contributed by atoms with Crippen molar-refractivity contribution >= 4 is 21.9 Å². The van der Waals surface area contributed by atoms with Crippen LogP contribution in [0, 0.1) is 0 Å². The molecule has 0 aliphatic rings. The summed E-state index contributed by atoms with van der Waals surface area (Å²) >= 11 is 3.28. The molecule has 0 unspecified atom stereocenters. The molecular formula is C9H9BrO2. The Kier molecular flexibility index (Phi) is 3.29. The summed E-state index contributed by atoms with van der Waals surface area (Å²) < 4.78 is 5.81. The van der Waals surface area contributed by atoms with Crippen LogP contribution in [0.15, 0.2) is 28.7 Å². The van der Waals surface area contributed by atoms with Crippen LogP contribution in [0.3, 0.4) is 0 Å². The molecular weight excluding hydrogens is 220 g/mol. The van der Waals surface area contributed by atoms with E-state index in [0.29, 0.717) is 12.2 Å². The number of halogens is 1. The monoisotopic (exact) mass is 228 g/mol. The zero-order valence-corrected chi connectivity index (χ0v) is 8.30. The first-order chi connectivity index (χ1) is 5.74. The molecule has 1 rings (SSSR count). The van der Waals surface area contributed by atoms with Crippen LogP contribution in [0.1, 0.15) is 13.3 Å². The Morgan fingerprint density at radius 2 is 2.17 bits per heavy atom. The van der Waals surface area contributed by atoms with Gasteiger partial charge in [0.15, 0.2) is 0 Å². The van der Waals surface area contributed by atoms with E-state index in [1.165, 1.54) is 0 Å². The molecule has 0 N–H and O–H groups in total. The molecule has 0 radical (unpaired) electrons. The smallest absolute Gasteiger partial charge is 0.310 e. The minimum atomic E-state index is -0.220. The van der Waals surface area contributed by atoms with Crippen molar-refractivity contribution in [3.05, 3.63) is 28.7 Å². The molecule has 0 aromatic heterocycles. The molecule has 0 saturated carbocycles. The van der Waals surface area contributed by atoms with Gasteiger partial charge in [-0.1, -0.05) is 19.1 Å². The van der Waals surface area contributed by atoms with Crippen LogP contribution >= 0.6 is 15.9 Å². The molecule has 1 aromatic rings. The second kappa shape index (κ2) is 4.26. The first kappa shape index (κ1) is 9.26. The maximum atomic E-state index is 10.9. The standard InChI is InChI=1S/C9H9BrO2/c1-2-9(11)12-8-6-4-3-5-7(8)10/h3-6H,2H2,1H3. The highest BCUT2D eigenvalue weighted by molar-refractivity contribution is 9.10. The number of ether oxygens (including phenoxy) is 1. The summed E-state index contributed by atoms with van der Waals surface area (Å²) in [6, 6.07) is 7.27. The number of hydrogen-bond donors (Lipinski definition) is 0. The van der Waals surface area contributed by atoms with E-state index in [0.717, 1.165) is 4.47 Å². The van der Waals surface area contributed by atoms with Gasteiger partial charge in [-0.25, -0.2) is 0 Å². The Morgan fingerprint density at radius 1 is 1.50 bits per heavy atom. The van der Waals surface area contributed by atoms with E-state index in [1.807, 2.05) is 18.2 Å². The van der Waals surface area contributed by atoms with E-state index in [2.05, 4.69) is 15.9 Å². The van der Waals surface area contributed by atoms with Crippen molar-refractivity contribution in [2.45, 2.75) is 13.3 Å². The first-order valence-corrected chi connectivity index (χ1v) is 4.48. The van der Waals surface area contributed by atoms with Gasteiger partial charge in [0, 0.05) is 6.42 Å². The van der Waals surface area contributed by atoms with Gasteiger partial charge in [-0.15, -0.1) is 0 Å². The lowest BCUT2D eigenvalue weighted by molar-refractivity contribution is -0.134. The Hall–Kier alpha value is -0.830. The normalized spacial score (nSPS) is 9.50. The summed E-state index contributed by atoms with van der Waals surface area (Å²) in [6.45, 7) is 1.76. The summed E-state index contributed by atoms with van der Waals surface area (Å²) in [5.41, 5.74) is 0. The number of esters is 1. The summed E-state index contributed by atoms with van der Waals surface area (Å²) in [4.78, 5) is 10.9. The van der Waals surface area contributed by atoms with Crippen molar-refractivity contribution < 1.29 is 9.53 Å². The van der Waals surface area contributed by atoms with E-state index in [9.17, 15) is 4.79 Å². The lowest BCUT2D eigenvalue weighted by atomic mass is 10.3. The molecule has 12 heavy (non-hydrogen) atoms. The molecule has 0 atom stereocenters. The quantitative estimate of drug-likeness (QED) is 0.575. The van der Waals surface area contributed by atoms with Gasteiger partial charge in [0.25, 0.3) is 0 Å². The fraction of sp³-hybridized carbons (Fsp3) is 0.222. The lowest BCUT2D eigenvalue weighted by Crippen LogP contribution is -2.05. The largest absolute Gasteiger partial charge is 0.425 e. The van der Waals surface area contributed by atoms with Crippen molar-refractivity contribution in [3.63, 3.8) is 0 Å². The maximum Gasteiger partial charge on any atom is 0.310 e. The van der Waals surface area contributed by atoms with Gasteiger partial charge in [0.05, 0.1) is 4.47 Å². The van der Waals surface area contributed by atoms with Gasteiger partial charge in [-0.3, -0.25) is 4.79 Å². The number of benzene rings is 1. The topological polar surface area (TPSA) is 26.3 Å². The minimum absolute atomic E-state index is 0.220. The summed E-state index contributed by atoms with van der Waals surface area (Å²) in [7, 11) is 0. The molecule has 3 heteroatoms. The Labute approximate surface area is 79.7 Å². The third-order valence-corrected chi connectivity index (χ3v) is 2.00. The highest BCUT2D eigenvalue weighted by Gasteiger charge is 2.03. The van der Waals surface area contributed by atoms with Gasteiger partial charge < -0.3 is 4.74 Å². The van der Waals surface area contributed by atoms with Gasteiger partial charge in [-0.05, 0) is 28.1 Å². The van der Waals surface area contributed by atoms with Crippen LogP contribution in [0.25, 0.3) is 0 Å². The van der Waals surface area contributed by atoms with Gasteiger partial charge >= 0.3 is 5.97 Å². The fourth-order valence-corrected chi connectivity index (χ4v) is 1.09. The number of para-hydroxylation sites is 1. The van der Waals surface area contributed by atoms with E-state index in [-0.39, 0.29) is 5.97 Å². The second-order valence-corrected chi connectivity index (χ2v) is 3.11. The third-order valence-electron chi connectivity index (χ3n) is 1.35. The number of carbonyl (C=O) groups excluding carboxylic acids is 1. The average molecular weight is 229 g/mol. The molecule has 0 saturated heterocycles. The van der Waals surface area contributed by atoms with E-state index < -0.39 is 0 Å². The van der Waals surface area contributed by atoms with Crippen LogP contribution in [0.5, 0.6) is 5.75 Å². The predicted octanol–water partition coefficient (Wildman–Crippen LogP) is 2.76. The van der Waals surface area contributed by atoms with Crippen molar-refractivity contribution in [2.24, 2.45) is 0 Å². The Balaban J connectivity index is 2.75. The van der Waals surface area contributed by atoms with Gasteiger partial charge in [-0.2, -0.15) is 0 Å². The van der Waals surface area contributed by atoms with Gasteiger partial charge in [0.2, 0.25) is 0 Å². The fourth-order valence-electron chi connectivity index (χ4n) is 0.722. The van der Waals surface area contributed by atoms with E-state index in [1.54, 1.807) is 13.0 Å². The molecule has 1 aromatic carbocycles. The molecule has 0 heterocycles. The molecule has 0 amide bonds. The Bertz CT molecular complexity index is 284. The predicted molar refractivity (Wildman–Crippen MR) is 50.1 cm³/mol. The molecule has 0 spiro atoms. The zero-order chi connectivity index (χ0) is 8.97. The Morgan fingerprint density at radius 3 is 2.75 bits per heavy atom. The molecule has 0 fully saturated rings. The van der Waals surface area contributed by atoms with E-state index in [4.69, 9.17) is 4.74 Å². The molecule has 0 aliphatic carbocycles. The maximum absolute atomic E-state index is 10.9. The van der Waals surface area contributed by atoms with Crippen LogP contribution in [-0.2, 0) is 4.79 Å². The molecule has 0 aliphatic heterocycles. The highest BCUT2D eigenvalue weighted by Crippen LogP contribution is 2.23. The van der Waals surface area contributed by atoms with Crippen molar-refractivity contribution in [1.29, 1.82) is 0 Å². The lowest BCUT2D eigenvalue weighted by Gasteiger charge is -2.03. The number of carbonyl (C=O) groups is 1. The summed E-state index contributed by atoms with van der Waals surface area (Å²) in [5, 5.41) is 0. The number of rotatable bonds is 2. The molecule has 64 valence electrons. The molecule has 2 nitrogen and oxygen atoms in total. The van der Waals surface area contributed by atoms with Crippen molar-refractivity contribution in [3.8, 4) is 5.75 Å². The SMILES string of the molecule is CCC(=O)Oc1ccccc1Br. The minimum Gasteiger partial charge on any atom is -0.425 e. The number of hydrogen-bond acceptors (Lipinski definition) is 2. The molecule has 0 bridgehead atoms. The summed E-state index contributed by atoms with van der Waals surface area (Å²) in [5.74, 6) is 0.353. The third kappa shape index (κ3) is 2.34. The highest BCUT2D eigenvalue weighted by atomic mass is 79.9. The van der Waals surface area contributed by atoms with E-state index >= 15 is 0 Å². The zero-order valence-electron chi connectivity index (χ0n) is 6.71. The van der Waals surface area contributed by atoms with Crippen molar-refractivity contribution in [1.82, 2.24) is 0 Å². The van der Waals surface area contributed by atoms with Gasteiger partial charge in [0.1, 0.15) is 5.75 Å². The van der Waals surface area contributed by atoms with Crippen LogP contribution in [-0.4, -0.2) is 5.97 Å². The average Bonchev–Trinajstić information content (AvgIpc) is 2.09. The van der Waals surface area contributed by atoms with Crippen LogP contribution < -0.4 is 4.74 Å². The van der Waals surface area contributed by atoms with Crippen molar-refractivity contribution in [2.75, 3.05) is 0 Å². The van der Waals surface area contributed by atoms with Crippen LogP contribution in [0.4, 0.5) is 0 Å².